The summed E-state index contributed by atoms with van der Waals surface area (Å²) in [6.45, 7) is 5.10. The second kappa shape index (κ2) is 12.9. The van der Waals surface area contributed by atoms with Crippen molar-refractivity contribution in [1.29, 1.82) is 0 Å². The zero-order valence-corrected chi connectivity index (χ0v) is 24.3. The molecule has 4 heteroatoms. The minimum Gasteiger partial charge on any atom is -0.489 e. The summed E-state index contributed by atoms with van der Waals surface area (Å²) >= 11 is 0. The first-order valence-electron chi connectivity index (χ1n) is 15.0. The molecule has 0 aliphatic heterocycles. The van der Waals surface area contributed by atoms with Gasteiger partial charge in [-0.15, -0.1) is 0 Å². The van der Waals surface area contributed by atoms with Gasteiger partial charge in [0, 0.05) is 22.9 Å². The van der Waals surface area contributed by atoms with E-state index in [1.165, 1.54) is 23.6 Å². The topological polar surface area (TPSA) is 32.6 Å². The second-order valence-electron chi connectivity index (χ2n) is 10.7. The number of hydrogen-bond donors (Lipinski definition) is 0. The fraction of sp³-hybridized carbons (Fsp3) is 0.211. The highest BCUT2D eigenvalue weighted by Crippen LogP contribution is 2.44. The van der Waals surface area contributed by atoms with E-state index < -0.39 is 0 Å². The molecule has 42 heavy (non-hydrogen) atoms. The Hall–Kier alpha value is -4.70. The van der Waals surface area contributed by atoms with Crippen molar-refractivity contribution in [3.63, 3.8) is 0 Å². The molecule has 0 aliphatic carbocycles. The molecule has 0 fully saturated rings. The quantitative estimate of drug-likeness (QED) is 0.151. The average Bonchev–Trinajstić information content (AvgIpc) is 3.37. The van der Waals surface area contributed by atoms with Crippen LogP contribution in [0.2, 0.25) is 0 Å². The number of rotatable bonds is 12. The molecule has 0 radical (unpaired) electrons. The van der Waals surface area contributed by atoms with E-state index in [4.69, 9.17) is 14.2 Å². The van der Waals surface area contributed by atoms with E-state index >= 15 is 0 Å². The Morgan fingerprint density at radius 3 is 1.71 bits per heavy atom. The average molecular weight is 556 g/mol. The lowest BCUT2D eigenvalue weighted by atomic mass is 10.0. The predicted octanol–water partition coefficient (Wildman–Crippen LogP) is 11.0. The van der Waals surface area contributed by atoms with Crippen molar-refractivity contribution in [2.45, 2.75) is 39.5 Å². The van der Waals surface area contributed by atoms with Crippen molar-refractivity contribution >= 4 is 21.8 Å². The summed E-state index contributed by atoms with van der Waals surface area (Å²) in [6.07, 6.45) is 4.60. The van der Waals surface area contributed by atoms with Crippen LogP contribution >= 0.6 is 0 Å². The van der Waals surface area contributed by atoms with Crippen LogP contribution in [0.15, 0.2) is 121 Å². The van der Waals surface area contributed by atoms with E-state index in [1.54, 1.807) is 0 Å². The lowest BCUT2D eigenvalue weighted by Crippen LogP contribution is -2.12. The van der Waals surface area contributed by atoms with Gasteiger partial charge >= 0.3 is 0 Å². The molecule has 5 aromatic carbocycles. The van der Waals surface area contributed by atoms with E-state index in [0.717, 1.165) is 41.1 Å². The number of unbranched alkanes of at least 4 members (excludes halogenated alkanes) is 1. The summed E-state index contributed by atoms with van der Waals surface area (Å²) in [7, 11) is 0. The fourth-order valence-corrected chi connectivity index (χ4v) is 5.50. The highest BCUT2D eigenvalue weighted by atomic mass is 16.5. The van der Waals surface area contributed by atoms with Gasteiger partial charge in [-0.3, -0.25) is 0 Å². The lowest BCUT2D eigenvalue weighted by Gasteiger charge is -2.21. The molecule has 0 saturated heterocycles. The molecule has 4 nitrogen and oxygen atoms in total. The molecule has 1 heterocycles. The lowest BCUT2D eigenvalue weighted by molar-refractivity contribution is 0.226. The zero-order chi connectivity index (χ0) is 28.7. The van der Waals surface area contributed by atoms with E-state index in [2.05, 4.69) is 73.0 Å². The zero-order valence-electron chi connectivity index (χ0n) is 24.3. The van der Waals surface area contributed by atoms with Crippen LogP contribution in [0.1, 0.15) is 39.5 Å². The first kappa shape index (κ1) is 27.5. The highest BCUT2D eigenvalue weighted by molar-refractivity contribution is 6.09. The van der Waals surface area contributed by atoms with Gasteiger partial charge in [-0.1, -0.05) is 106 Å². The van der Waals surface area contributed by atoms with Gasteiger partial charge in [-0.25, -0.2) is 0 Å². The van der Waals surface area contributed by atoms with Crippen LogP contribution in [0.25, 0.3) is 27.5 Å². The molecule has 0 N–H and O–H groups in total. The molecule has 1 unspecified atom stereocenters. The van der Waals surface area contributed by atoms with Crippen molar-refractivity contribution < 1.29 is 14.2 Å². The molecule has 0 spiro atoms. The van der Waals surface area contributed by atoms with Crippen LogP contribution in [-0.2, 0) is 0 Å². The van der Waals surface area contributed by atoms with Gasteiger partial charge in [0.05, 0.1) is 23.3 Å². The summed E-state index contributed by atoms with van der Waals surface area (Å²) in [5, 5.41) is 2.37. The SMILES string of the molecule is CCCCC(CC)COc1cc(Oc2ccccc2)c(-n2c3ccccc3c3ccccc32)cc1Oc1ccccc1. The third kappa shape index (κ3) is 5.84. The van der Waals surface area contributed by atoms with Crippen molar-refractivity contribution in [2.75, 3.05) is 6.61 Å². The normalized spacial score (nSPS) is 12.0. The Bertz CT molecular complexity index is 1700. The summed E-state index contributed by atoms with van der Waals surface area (Å²) in [4.78, 5) is 0. The molecule has 0 amide bonds. The van der Waals surface area contributed by atoms with Crippen LogP contribution in [0, 0.1) is 5.92 Å². The van der Waals surface area contributed by atoms with Crippen molar-refractivity contribution in [2.24, 2.45) is 5.92 Å². The maximum atomic E-state index is 6.62. The molecule has 1 atom stereocenters. The number of aromatic nitrogens is 1. The highest BCUT2D eigenvalue weighted by Gasteiger charge is 2.21. The van der Waals surface area contributed by atoms with E-state index in [1.807, 2.05) is 66.7 Å². The molecular formula is C38H37NO3. The Morgan fingerprint density at radius 1 is 0.595 bits per heavy atom. The smallest absolute Gasteiger partial charge is 0.171 e. The van der Waals surface area contributed by atoms with E-state index in [-0.39, 0.29) is 0 Å². The number of ether oxygens (including phenoxy) is 3. The predicted molar refractivity (Wildman–Crippen MR) is 173 cm³/mol. The maximum Gasteiger partial charge on any atom is 0.171 e. The second-order valence-corrected chi connectivity index (χ2v) is 10.7. The minimum atomic E-state index is 0.477. The summed E-state index contributed by atoms with van der Waals surface area (Å²) in [5.41, 5.74) is 3.08. The molecule has 6 aromatic rings. The fourth-order valence-electron chi connectivity index (χ4n) is 5.50. The number of nitrogens with zero attached hydrogens (tertiary/aromatic N) is 1. The minimum absolute atomic E-state index is 0.477. The van der Waals surface area contributed by atoms with E-state index in [9.17, 15) is 0 Å². The van der Waals surface area contributed by atoms with Crippen LogP contribution in [0.5, 0.6) is 28.7 Å². The third-order valence-electron chi connectivity index (χ3n) is 7.81. The summed E-state index contributed by atoms with van der Waals surface area (Å²) in [5.74, 6) is 4.02. The molecular weight excluding hydrogens is 518 g/mol. The molecule has 6 rings (SSSR count). The Balaban J connectivity index is 1.54. The Labute approximate surface area is 248 Å². The van der Waals surface area contributed by atoms with Crippen LogP contribution in [0.4, 0.5) is 0 Å². The van der Waals surface area contributed by atoms with E-state index in [0.29, 0.717) is 29.8 Å². The summed E-state index contributed by atoms with van der Waals surface area (Å²) < 4.78 is 22.0. The van der Waals surface area contributed by atoms with Crippen molar-refractivity contribution in [1.82, 2.24) is 4.57 Å². The van der Waals surface area contributed by atoms with Gasteiger partial charge in [-0.2, -0.15) is 0 Å². The van der Waals surface area contributed by atoms with Crippen LogP contribution < -0.4 is 14.2 Å². The largest absolute Gasteiger partial charge is 0.489 e. The number of para-hydroxylation sites is 4. The Kier molecular flexibility index (Phi) is 8.41. The van der Waals surface area contributed by atoms with Gasteiger partial charge in [0.25, 0.3) is 0 Å². The number of fused-ring (bicyclic) bond motifs is 3. The first-order chi connectivity index (χ1) is 20.7. The van der Waals surface area contributed by atoms with Crippen LogP contribution in [0.3, 0.4) is 0 Å². The molecule has 212 valence electrons. The molecule has 0 bridgehead atoms. The number of benzene rings is 5. The standard InChI is InChI=1S/C38H37NO3/c1-3-5-16-28(4-2)27-40-37-26-36(41-29-17-8-6-9-18-29)35(25-38(37)42-30-19-10-7-11-20-30)39-33-23-14-12-21-31(33)32-22-13-15-24-34(32)39/h6-15,17-26,28H,3-5,16,27H2,1-2H3. The van der Waals surface area contributed by atoms with Crippen molar-refractivity contribution in [3.05, 3.63) is 121 Å². The first-order valence-corrected chi connectivity index (χ1v) is 15.0. The number of hydrogen-bond acceptors (Lipinski definition) is 3. The molecule has 0 saturated carbocycles. The monoisotopic (exact) mass is 555 g/mol. The summed E-state index contributed by atoms with van der Waals surface area (Å²) in [6, 6.07) is 40.8. The van der Waals surface area contributed by atoms with Gasteiger partial charge < -0.3 is 18.8 Å². The Morgan fingerprint density at radius 2 is 1.14 bits per heavy atom. The molecule has 0 aliphatic rings. The van der Waals surface area contributed by atoms with Gasteiger partial charge in [0.2, 0.25) is 0 Å². The van der Waals surface area contributed by atoms with Gasteiger partial charge in [-0.05, 0) is 48.7 Å². The van der Waals surface area contributed by atoms with Gasteiger partial charge in [0.15, 0.2) is 17.2 Å². The van der Waals surface area contributed by atoms with Crippen LogP contribution in [-0.4, -0.2) is 11.2 Å². The van der Waals surface area contributed by atoms with Crippen molar-refractivity contribution in [3.8, 4) is 34.4 Å². The third-order valence-corrected chi connectivity index (χ3v) is 7.81. The molecule has 1 aromatic heterocycles. The van der Waals surface area contributed by atoms with Gasteiger partial charge in [0.1, 0.15) is 11.5 Å². The maximum absolute atomic E-state index is 6.62.